The average Bonchev–Trinajstić information content (AvgIpc) is 3.51. The largest absolute Gasteiger partial charge is 0.494 e. The maximum absolute atomic E-state index is 15.9. The first-order valence-electron chi connectivity index (χ1n) is 16.8. The monoisotopic (exact) mass is 682 g/mol. The molecule has 12 heteroatoms. The van der Waals surface area contributed by atoms with Crippen LogP contribution >= 0.6 is 0 Å². The Kier molecular flexibility index (Phi) is 7.36. The van der Waals surface area contributed by atoms with Crippen molar-refractivity contribution < 1.29 is 22.3 Å². The second-order valence-electron chi connectivity index (χ2n) is 13.8. The quantitative estimate of drug-likeness (QED) is 0.174. The van der Waals surface area contributed by atoms with E-state index in [4.69, 9.17) is 14.7 Å². The summed E-state index contributed by atoms with van der Waals surface area (Å²) in [7, 11) is 0.966. The van der Waals surface area contributed by atoms with Crippen molar-refractivity contribution in [3.8, 4) is 28.5 Å². The van der Waals surface area contributed by atoms with Crippen LogP contribution in [0, 0.1) is 23.6 Å². The summed E-state index contributed by atoms with van der Waals surface area (Å²) in [6, 6.07) is 14.3. The molecule has 1 saturated heterocycles. The van der Waals surface area contributed by atoms with E-state index >= 15 is 4.39 Å². The number of anilines is 1. The summed E-state index contributed by atoms with van der Waals surface area (Å²) >= 11 is 0. The first-order valence-corrected chi connectivity index (χ1v) is 18.3. The zero-order valence-electron chi connectivity index (χ0n) is 28.1. The fraction of sp³-hybridized carbons (Fsp3) is 0.378. The zero-order valence-corrected chi connectivity index (χ0v) is 28.9. The van der Waals surface area contributed by atoms with E-state index in [0.29, 0.717) is 51.7 Å². The van der Waals surface area contributed by atoms with E-state index in [1.165, 1.54) is 19.5 Å². The molecule has 4 heterocycles. The third-order valence-electron chi connectivity index (χ3n) is 11.0. The Balaban J connectivity index is 1.23. The number of halogens is 1. The lowest BCUT2D eigenvalue weighted by Crippen LogP contribution is -2.38. The summed E-state index contributed by atoms with van der Waals surface area (Å²) in [6.45, 7) is 7.13. The van der Waals surface area contributed by atoms with Gasteiger partial charge in [0.1, 0.15) is 16.9 Å². The molecule has 8 rings (SSSR count). The van der Waals surface area contributed by atoms with Gasteiger partial charge in [0.2, 0.25) is 0 Å². The molecule has 3 atom stereocenters. The Morgan fingerprint density at radius 2 is 1.92 bits per heavy atom. The number of aryl methyl sites for hydroxylation is 1. The van der Waals surface area contributed by atoms with Gasteiger partial charge in [0.25, 0.3) is 15.9 Å². The van der Waals surface area contributed by atoms with Gasteiger partial charge in [-0.1, -0.05) is 19.6 Å². The number of imidazole rings is 1. The van der Waals surface area contributed by atoms with Crippen molar-refractivity contribution in [1.29, 1.82) is 0 Å². The Morgan fingerprint density at radius 1 is 1.12 bits per heavy atom. The molecular weight excluding hydrogens is 644 g/mol. The highest BCUT2D eigenvalue weighted by atomic mass is 32.2. The van der Waals surface area contributed by atoms with Gasteiger partial charge in [-0.25, -0.2) is 22.8 Å². The van der Waals surface area contributed by atoms with Crippen LogP contribution in [0.3, 0.4) is 0 Å². The second kappa shape index (κ2) is 11.4. The number of piperidine rings is 1. The number of pyridine rings is 1. The molecule has 2 unspecified atom stereocenters. The highest BCUT2D eigenvalue weighted by Gasteiger charge is 2.46. The van der Waals surface area contributed by atoms with Crippen molar-refractivity contribution in [3.63, 3.8) is 0 Å². The van der Waals surface area contributed by atoms with Crippen LogP contribution in [0.2, 0.25) is 0 Å². The zero-order chi connectivity index (χ0) is 34.4. The van der Waals surface area contributed by atoms with Gasteiger partial charge in [-0.3, -0.25) is 9.10 Å². The first-order chi connectivity index (χ1) is 23.5. The predicted octanol–water partition coefficient (Wildman–Crippen LogP) is 6.59. The van der Waals surface area contributed by atoms with E-state index in [9.17, 15) is 13.2 Å². The molecule has 1 amide bonds. The Labute approximate surface area is 284 Å². The molecule has 49 heavy (non-hydrogen) atoms. The lowest BCUT2D eigenvalue weighted by atomic mass is 10.0. The average molecular weight is 683 g/mol. The summed E-state index contributed by atoms with van der Waals surface area (Å²) in [5.41, 5.74) is 4.07. The number of hydrogen-bond donors (Lipinski definition) is 0. The SMILES string of the molecule is C=CS(=O)(=O)N(C)c1cccc(-c2ccc3cc(-c4nc5cc(C(=O)N6CC7CCC6[C@@H]7C)cc(OC)c5n4C)n(CC4CC4)c3n2)c1F. The molecule has 0 radical (unpaired) electrons. The summed E-state index contributed by atoms with van der Waals surface area (Å²) in [4.78, 5) is 25.9. The highest BCUT2D eigenvalue weighted by Crippen LogP contribution is 2.44. The molecule has 2 aliphatic carbocycles. The molecule has 5 aromatic rings. The number of likely N-dealkylation sites (tertiary alicyclic amines) is 1. The number of rotatable bonds is 9. The molecular formula is C37H39FN6O4S. The van der Waals surface area contributed by atoms with E-state index in [0.717, 1.165) is 58.7 Å². The van der Waals surface area contributed by atoms with Crippen LogP contribution in [0.5, 0.6) is 5.75 Å². The molecule has 254 valence electrons. The number of carbonyl (C=O) groups excluding carboxylic acids is 1. The fourth-order valence-electron chi connectivity index (χ4n) is 7.94. The van der Waals surface area contributed by atoms with Crippen molar-refractivity contribution >= 4 is 43.7 Å². The molecule has 10 nitrogen and oxygen atoms in total. The van der Waals surface area contributed by atoms with E-state index in [-0.39, 0.29) is 23.2 Å². The minimum atomic E-state index is -3.89. The number of sulfonamides is 1. The van der Waals surface area contributed by atoms with Gasteiger partial charge >= 0.3 is 0 Å². The summed E-state index contributed by atoms with van der Waals surface area (Å²) in [5, 5.41) is 1.66. The van der Waals surface area contributed by atoms with Crippen molar-refractivity contribution in [1.82, 2.24) is 24.0 Å². The summed E-state index contributed by atoms with van der Waals surface area (Å²) in [5.74, 6) is 2.21. The first kappa shape index (κ1) is 31.6. The minimum Gasteiger partial charge on any atom is -0.494 e. The molecule has 0 N–H and O–H groups in total. The highest BCUT2D eigenvalue weighted by molar-refractivity contribution is 7.95. The van der Waals surface area contributed by atoms with Crippen LogP contribution in [-0.2, 0) is 23.6 Å². The molecule has 3 aliphatic rings. The van der Waals surface area contributed by atoms with Crippen LogP contribution in [0.4, 0.5) is 10.1 Å². The van der Waals surface area contributed by atoms with Crippen molar-refractivity contribution in [2.75, 3.05) is 25.0 Å². The molecule has 1 aliphatic heterocycles. The fourth-order valence-corrected chi connectivity index (χ4v) is 8.58. The van der Waals surface area contributed by atoms with Gasteiger partial charge in [-0.2, -0.15) is 0 Å². The van der Waals surface area contributed by atoms with Crippen molar-refractivity contribution in [3.05, 3.63) is 71.9 Å². The number of aromatic nitrogens is 4. The number of methoxy groups -OCH3 is 1. The van der Waals surface area contributed by atoms with E-state index in [1.54, 1.807) is 25.3 Å². The predicted molar refractivity (Wildman–Crippen MR) is 188 cm³/mol. The van der Waals surface area contributed by atoms with E-state index in [2.05, 4.69) is 18.1 Å². The van der Waals surface area contributed by atoms with E-state index < -0.39 is 15.8 Å². The lowest BCUT2D eigenvalue weighted by Gasteiger charge is -2.27. The van der Waals surface area contributed by atoms with Crippen LogP contribution in [0.15, 0.2) is 60.5 Å². The lowest BCUT2D eigenvalue weighted by molar-refractivity contribution is 0.0696. The number of amides is 1. The Hall–Kier alpha value is -4.71. The van der Waals surface area contributed by atoms with Gasteiger partial charge in [-0.15, -0.1) is 0 Å². The van der Waals surface area contributed by atoms with Gasteiger partial charge < -0.3 is 18.8 Å². The number of ether oxygens (including phenoxy) is 1. The van der Waals surface area contributed by atoms with Crippen LogP contribution in [0.1, 0.15) is 43.0 Å². The normalized spacial score (nSPS) is 20.4. The number of hydrogen-bond acceptors (Lipinski definition) is 6. The number of nitrogens with zero attached hydrogens (tertiary/aromatic N) is 6. The van der Waals surface area contributed by atoms with E-state index in [1.807, 2.05) is 40.8 Å². The third-order valence-corrected chi connectivity index (χ3v) is 12.4. The van der Waals surface area contributed by atoms with Gasteiger partial charge in [0, 0.05) is 55.1 Å². The number of carbonyl (C=O) groups is 1. The van der Waals surface area contributed by atoms with Crippen LogP contribution in [-0.4, -0.2) is 65.1 Å². The van der Waals surface area contributed by atoms with Gasteiger partial charge in [0.15, 0.2) is 11.6 Å². The molecule has 2 bridgehead atoms. The molecule has 2 aromatic carbocycles. The summed E-state index contributed by atoms with van der Waals surface area (Å²) < 4.78 is 51.7. The summed E-state index contributed by atoms with van der Waals surface area (Å²) in [6.07, 6.45) is 4.46. The van der Waals surface area contributed by atoms with Crippen LogP contribution < -0.4 is 9.04 Å². The number of fused-ring (bicyclic) bond motifs is 4. The maximum Gasteiger partial charge on any atom is 0.256 e. The topological polar surface area (TPSA) is 103 Å². The van der Waals surface area contributed by atoms with Crippen molar-refractivity contribution in [2.45, 2.75) is 45.2 Å². The molecule has 2 saturated carbocycles. The standard InChI is InChI=1S/C37H39FN6O4S/c1-6-49(46,47)42(4)30-9-7-8-26(33(30)38)27-14-12-23-17-31(43(35(23)39-27)19-22-10-11-22)36-40-28-16-25(18-32(48-5)34(28)41(36)3)37(45)44-20-24-13-15-29(44)21(24)2/h6-9,12,14,16-18,21-22,24,29H,1,10-11,13,15,19-20H2,2-5H3/t21-,24?,29?/m1/s1. The Bertz CT molecular complexity index is 2290. The minimum absolute atomic E-state index is 0.0237. The Morgan fingerprint density at radius 3 is 2.59 bits per heavy atom. The third kappa shape index (κ3) is 5.02. The second-order valence-corrected chi connectivity index (χ2v) is 15.7. The molecule has 0 spiro atoms. The molecule has 3 aromatic heterocycles. The number of benzene rings is 2. The maximum atomic E-state index is 15.9. The van der Waals surface area contributed by atoms with Crippen molar-refractivity contribution in [2.24, 2.45) is 24.8 Å². The molecule has 3 fully saturated rings. The van der Waals surface area contributed by atoms with Gasteiger partial charge in [-0.05, 0) is 85.9 Å². The van der Waals surface area contributed by atoms with Crippen LogP contribution in [0.25, 0.3) is 44.8 Å². The van der Waals surface area contributed by atoms with Gasteiger partial charge in [0.05, 0.1) is 29.7 Å². The smallest absolute Gasteiger partial charge is 0.256 e.